The molecule has 0 bridgehead atoms. The van der Waals surface area contributed by atoms with E-state index in [2.05, 4.69) is 11.9 Å². The topological polar surface area (TPSA) is 20.2 Å². The molecule has 0 aromatic heterocycles. The van der Waals surface area contributed by atoms with Gasteiger partial charge in [-0.25, -0.2) is 0 Å². The second kappa shape index (κ2) is 23.3. The molecule has 0 saturated carbocycles. The Morgan fingerprint density at radius 1 is 1.50 bits per heavy atom. The van der Waals surface area contributed by atoms with Crippen LogP contribution in [0.1, 0.15) is 2.85 Å². The van der Waals surface area contributed by atoms with Gasteiger partial charge in [0.25, 0.3) is 0 Å². The van der Waals surface area contributed by atoms with Crippen molar-refractivity contribution in [2.45, 2.75) is 0 Å². The van der Waals surface area contributed by atoms with Gasteiger partial charge in [-0.2, -0.15) is 0 Å². The Labute approximate surface area is 62.2 Å². The maximum absolute atomic E-state index is 6.47. The summed E-state index contributed by atoms with van der Waals surface area (Å²) in [6, 6.07) is 0. The van der Waals surface area contributed by atoms with Gasteiger partial charge in [0.2, 0.25) is 0 Å². The largest absolute Gasteiger partial charge is 2.00 e. The molecule has 4 heteroatoms. The predicted molar refractivity (Wildman–Crippen MR) is 17.7 cm³/mol. The first-order valence-corrected chi connectivity index (χ1v) is 0.507. The molecular formula is H3ClNaOS+. The molecular weight excluding hydrogens is 107 g/mol. The summed E-state index contributed by atoms with van der Waals surface area (Å²) in [5.41, 5.74) is 0. The molecule has 1 nitrogen and oxygen atoms in total. The summed E-state index contributed by atoms with van der Waals surface area (Å²) in [6.07, 6.45) is 0. The number of rotatable bonds is 0. The van der Waals surface area contributed by atoms with E-state index in [1.165, 1.54) is 0 Å². The fourth-order valence-corrected chi connectivity index (χ4v) is 0. The fourth-order valence-electron chi connectivity index (χ4n) is 0. The molecule has 0 rings (SSSR count). The van der Waals surface area contributed by atoms with Crippen LogP contribution in [0.3, 0.4) is 0 Å². The summed E-state index contributed by atoms with van der Waals surface area (Å²) in [4.78, 5) is 0. The van der Waals surface area contributed by atoms with Crippen LogP contribution in [-0.2, 0) is 13.5 Å². The number of hydrogen-bond acceptors (Lipinski definition) is 1. The van der Waals surface area contributed by atoms with Crippen molar-refractivity contribution in [3.8, 4) is 0 Å². The van der Waals surface area contributed by atoms with Crippen molar-refractivity contribution < 1.29 is 37.1 Å². The van der Waals surface area contributed by atoms with Gasteiger partial charge in [-0.15, -0.1) is 0 Å². The molecule has 0 unspecified atom stereocenters. The summed E-state index contributed by atoms with van der Waals surface area (Å²) in [5, 5.41) is 0. The minimum atomic E-state index is 0. The van der Waals surface area contributed by atoms with Gasteiger partial charge in [-0.1, -0.05) is 0 Å². The van der Waals surface area contributed by atoms with Crippen molar-refractivity contribution in [3.63, 3.8) is 0 Å². The number of hydrogen-bond donors (Lipinski definition) is 1. The fraction of sp³-hybridized carbons (Fsp3) is 0. The average Bonchev–Trinajstić information content (AvgIpc) is 1.00. The van der Waals surface area contributed by atoms with Gasteiger partial charge in [0, 0.05) is 0 Å². The Morgan fingerprint density at radius 2 is 1.50 bits per heavy atom. The minimum Gasteiger partial charge on any atom is -2.00 e. The molecule has 0 aromatic rings. The van der Waals surface area contributed by atoms with Crippen LogP contribution in [-0.4, -0.2) is 4.66 Å². The first kappa shape index (κ1) is 17.5. The van der Waals surface area contributed by atoms with Crippen LogP contribution in [0.25, 0.3) is 0 Å². The normalized spacial score (nSPS) is 1.50. The number of halogens is 1. The van der Waals surface area contributed by atoms with Crippen LogP contribution in [0.2, 0.25) is 0 Å². The van der Waals surface area contributed by atoms with Gasteiger partial charge in [-0.05, 0) is 0 Å². The minimum absolute atomic E-state index is 0. The molecule has 0 radical (unpaired) electrons. The van der Waals surface area contributed by atoms with Crippen LogP contribution in [0.15, 0.2) is 0 Å². The Bertz CT molecular complexity index is 13.5. The van der Waals surface area contributed by atoms with E-state index in [4.69, 9.17) is 4.66 Å². The maximum atomic E-state index is 6.47. The molecule has 0 saturated heterocycles. The van der Waals surface area contributed by atoms with E-state index in [0.717, 1.165) is 0 Å². The standard InChI is InChI=1S/ClHO.Na.S/c1-2;;/h2H;;/q;+1;-2/p+2. The van der Waals surface area contributed by atoms with E-state index in [0.29, 0.717) is 0 Å². The van der Waals surface area contributed by atoms with E-state index in [1.54, 1.807) is 0 Å². The van der Waals surface area contributed by atoms with Crippen molar-refractivity contribution in [1.82, 2.24) is 0 Å². The molecule has 0 aliphatic rings. The van der Waals surface area contributed by atoms with Crippen molar-refractivity contribution in [3.05, 3.63) is 0 Å². The van der Waals surface area contributed by atoms with Crippen LogP contribution in [0.5, 0.6) is 0 Å². The second-order valence-corrected chi connectivity index (χ2v) is 0. The van der Waals surface area contributed by atoms with Crippen molar-refractivity contribution >= 4 is 25.4 Å². The molecule has 0 amide bonds. The van der Waals surface area contributed by atoms with E-state index >= 15 is 0 Å². The second-order valence-electron chi connectivity index (χ2n) is 0. The SMILES string of the molecule is OCl.[H+].[H+].[Na+].[S-2]. The molecule has 4 heavy (non-hydrogen) atoms. The van der Waals surface area contributed by atoms with Crippen LogP contribution in [0, 0.1) is 0 Å². The van der Waals surface area contributed by atoms with Gasteiger partial charge < -0.3 is 13.5 Å². The third-order valence-corrected chi connectivity index (χ3v) is 0. The molecule has 0 aliphatic carbocycles. The molecule has 0 spiro atoms. The van der Waals surface area contributed by atoms with Crippen LogP contribution in [0.4, 0.5) is 0 Å². The van der Waals surface area contributed by atoms with E-state index < -0.39 is 0 Å². The summed E-state index contributed by atoms with van der Waals surface area (Å²) in [7, 11) is 0. The van der Waals surface area contributed by atoms with Gasteiger partial charge in [0.15, 0.2) is 0 Å². The summed E-state index contributed by atoms with van der Waals surface area (Å²) >= 11 is 3.64. The quantitative estimate of drug-likeness (QED) is 0.337. The molecule has 0 aliphatic heterocycles. The van der Waals surface area contributed by atoms with Gasteiger partial charge in [0.05, 0.1) is 11.9 Å². The zero-order valence-corrected chi connectivity index (χ0v) is 5.81. The molecule has 0 aromatic carbocycles. The van der Waals surface area contributed by atoms with Gasteiger partial charge in [-0.3, -0.25) is 4.66 Å². The van der Waals surface area contributed by atoms with E-state index in [1.807, 2.05) is 0 Å². The maximum Gasteiger partial charge on any atom is 1.00 e. The Hall–Kier alpha value is 1.60. The average molecular weight is 110 g/mol. The molecule has 0 atom stereocenters. The molecule has 0 fully saturated rings. The smallest absolute Gasteiger partial charge is 1.00 e. The van der Waals surface area contributed by atoms with Gasteiger partial charge in [0.1, 0.15) is 0 Å². The van der Waals surface area contributed by atoms with E-state index in [9.17, 15) is 0 Å². The Kier molecular flexibility index (Phi) is 102. The Balaban J connectivity index is -0.000000000833. The molecule has 22 valence electrons. The third kappa shape index (κ3) is 9.51. The third-order valence-electron chi connectivity index (χ3n) is 0. The summed E-state index contributed by atoms with van der Waals surface area (Å²) in [6.45, 7) is 0. The summed E-state index contributed by atoms with van der Waals surface area (Å²) < 4.78 is 6.47. The van der Waals surface area contributed by atoms with Crippen molar-refractivity contribution in [2.24, 2.45) is 0 Å². The zero-order valence-electron chi connectivity index (χ0n) is 4.23. The zero-order chi connectivity index (χ0) is 2.00. The van der Waals surface area contributed by atoms with Crippen molar-refractivity contribution in [1.29, 1.82) is 0 Å². The van der Waals surface area contributed by atoms with E-state index in [-0.39, 0.29) is 45.9 Å². The summed E-state index contributed by atoms with van der Waals surface area (Å²) in [5.74, 6) is 0. The predicted octanol–water partition coefficient (Wildman–Crippen LogP) is -2.64. The first-order valence-electron chi connectivity index (χ1n) is 0.169. The molecule has 0 heterocycles. The van der Waals surface area contributed by atoms with Crippen LogP contribution < -0.4 is 29.6 Å². The van der Waals surface area contributed by atoms with Gasteiger partial charge >= 0.3 is 32.4 Å². The molecule has 1 N–H and O–H groups in total. The van der Waals surface area contributed by atoms with Crippen molar-refractivity contribution in [2.75, 3.05) is 0 Å². The Morgan fingerprint density at radius 3 is 1.50 bits per heavy atom. The monoisotopic (exact) mass is 109 g/mol. The van der Waals surface area contributed by atoms with Crippen LogP contribution >= 0.6 is 11.9 Å². The first-order chi connectivity index (χ1) is 1.00.